The van der Waals surface area contributed by atoms with Gasteiger partial charge in [-0.3, -0.25) is 0 Å². The molecule has 0 bridgehead atoms. The molecule has 1 atom stereocenters. The average molecular weight is 264 g/mol. The first-order valence-corrected chi connectivity index (χ1v) is 7.11. The number of aromatic nitrogens is 3. The van der Waals surface area contributed by atoms with Gasteiger partial charge in [0, 0.05) is 17.5 Å². The van der Waals surface area contributed by atoms with Crippen LogP contribution in [0.25, 0.3) is 0 Å². The van der Waals surface area contributed by atoms with Gasteiger partial charge >= 0.3 is 6.01 Å². The van der Waals surface area contributed by atoms with E-state index in [0.717, 1.165) is 10.8 Å². The van der Waals surface area contributed by atoms with Gasteiger partial charge in [0.05, 0.1) is 6.04 Å². The predicted molar refractivity (Wildman–Crippen MR) is 69.6 cm³/mol. The Balaban J connectivity index is 1.76. The maximum atomic E-state index is 5.24. The SMILES string of the molecule is CC(C)c1noc(N[C@@H](c2nccs2)C2CC2)n1. The van der Waals surface area contributed by atoms with Crippen molar-refractivity contribution in [2.45, 2.75) is 38.6 Å². The average Bonchev–Trinajstić information content (AvgIpc) is 2.88. The molecule has 0 saturated heterocycles. The summed E-state index contributed by atoms with van der Waals surface area (Å²) < 4.78 is 5.24. The van der Waals surface area contributed by atoms with Crippen LogP contribution in [0.4, 0.5) is 6.01 Å². The molecule has 2 heterocycles. The lowest BCUT2D eigenvalue weighted by Crippen LogP contribution is -2.12. The fraction of sp³-hybridized carbons (Fsp3) is 0.583. The van der Waals surface area contributed by atoms with Crippen LogP contribution in [-0.4, -0.2) is 15.1 Å². The molecular weight excluding hydrogens is 248 g/mol. The number of anilines is 1. The lowest BCUT2D eigenvalue weighted by atomic mass is 10.2. The zero-order chi connectivity index (χ0) is 12.5. The molecule has 0 aromatic carbocycles. The Morgan fingerprint density at radius 2 is 2.28 bits per heavy atom. The van der Waals surface area contributed by atoms with Crippen LogP contribution in [0.1, 0.15) is 49.5 Å². The maximum Gasteiger partial charge on any atom is 0.322 e. The summed E-state index contributed by atoms with van der Waals surface area (Å²) in [7, 11) is 0. The van der Waals surface area contributed by atoms with Gasteiger partial charge in [-0.05, 0) is 18.8 Å². The zero-order valence-electron chi connectivity index (χ0n) is 10.5. The van der Waals surface area contributed by atoms with Crippen molar-refractivity contribution in [3.05, 3.63) is 22.4 Å². The van der Waals surface area contributed by atoms with E-state index in [-0.39, 0.29) is 12.0 Å². The molecular formula is C12H16N4OS. The number of hydrogen-bond donors (Lipinski definition) is 1. The van der Waals surface area contributed by atoms with Gasteiger partial charge in [-0.1, -0.05) is 19.0 Å². The molecule has 3 rings (SSSR count). The van der Waals surface area contributed by atoms with Gasteiger partial charge in [-0.2, -0.15) is 4.98 Å². The number of rotatable bonds is 5. The number of nitrogens with zero attached hydrogens (tertiary/aromatic N) is 3. The standard InChI is InChI=1S/C12H16N4OS/c1-7(2)10-15-12(17-16-10)14-9(8-3-4-8)11-13-5-6-18-11/h5-9H,3-4H2,1-2H3,(H,14,15,16)/t9-/m1/s1. The van der Waals surface area contributed by atoms with Crippen LogP contribution < -0.4 is 5.32 Å². The molecule has 1 aliphatic rings. The summed E-state index contributed by atoms with van der Waals surface area (Å²) in [6.07, 6.45) is 4.31. The van der Waals surface area contributed by atoms with Crippen LogP contribution >= 0.6 is 11.3 Å². The van der Waals surface area contributed by atoms with E-state index in [1.807, 2.05) is 25.4 Å². The van der Waals surface area contributed by atoms with Crippen molar-refractivity contribution in [1.29, 1.82) is 0 Å². The third-order valence-electron chi connectivity index (χ3n) is 3.05. The monoisotopic (exact) mass is 264 g/mol. The van der Waals surface area contributed by atoms with Crippen LogP contribution in [-0.2, 0) is 0 Å². The normalized spacial score (nSPS) is 17.1. The summed E-state index contributed by atoms with van der Waals surface area (Å²) in [5.74, 6) is 1.67. The Kier molecular flexibility index (Phi) is 3.03. The Bertz CT molecular complexity index is 504. The van der Waals surface area contributed by atoms with Crippen molar-refractivity contribution in [3.8, 4) is 0 Å². The van der Waals surface area contributed by atoms with Crippen molar-refractivity contribution in [2.24, 2.45) is 5.92 Å². The largest absolute Gasteiger partial charge is 0.328 e. The van der Waals surface area contributed by atoms with E-state index < -0.39 is 0 Å². The minimum Gasteiger partial charge on any atom is -0.328 e. The van der Waals surface area contributed by atoms with Gasteiger partial charge in [-0.15, -0.1) is 11.3 Å². The Morgan fingerprint density at radius 3 is 2.83 bits per heavy atom. The first kappa shape index (κ1) is 11.6. The third kappa shape index (κ3) is 2.38. The van der Waals surface area contributed by atoms with Gasteiger partial charge in [0.1, 0.15) is 5.01 Å². The zero-order valence-corrected chi connectivity index (χ0v) is 11.3. The van der Waals surface area contributed by atoms with Crippen molar-refractivity contribution in [2.75, 3.05) is 5.32 Å². The van der Waals surface area contributed by atoms with E-state index in [1.54, 1.807) is 11.3 Å². The van der Waals surface area contributed by atoms with Crippen molar-refractivity contribution in [1.82, 2.24) is 15.1 Å². The number of thiazole rings is 1. The predicted octanol–water partition coefficient (Wildman–Crippen LogP) is 3.21. The lowest BCUT2D eigenvalue weighted by Gasteiger charge is -2.13. The minimum absolute atomic E-state index is 0.213. The van der Waals surface area contributed by atoms with Gasteiger partial charge < -0.3 is 9.84 Å². The number of nitrogens with one attached hydrogen (secondary N) is 1. The smallest absolute Gasteiger partial charge is 0.322 e. The van der Waals surface area contributed by atoms with E-state index >= 15 is 0 Å². The summed E-state index contributed by atoms with van der Waals surface area (Å²) in [4.78, 5) is 8.74. The van der Waals surface area contributed by atoms with Crippen LogP contribution in [0.5, 0.6) is 0 Å². The van der Waals surface area contributed by atoms with Crippen LogP contribution in [0.2, 0.25) is 0 Å². The second-order valence-corrected chi connectivity index (χ2v) is 5.87. The summed E-state index contributed by atoms with van der Waals surface area (Å²) in [6.45, 7) is 4.10. The molecule has 1 saturated carbocycles. The fourth-order valence-electron chi connectivity index (χ4n) is 1.86. The highest BCUT2D eigenvalue weighted by atomic mass is 32.1. The Morgan fingerprint density at radius 1 is 1.44 bits per heavy atom. The fourth-order valence-corrected chi connectivity index (χ4v) is 2.64. The lowest BCUT2D eigenvalue weighted by molar-refractivity contribution is 0.413. The quantitative estimate of drug-likeness (QED) is 0.898. The molecule has 2 aromatic rings. The van der Waals surface area contributed by atoms with Gasteiger partial charge in [0.15, 0.2) is 5.82 Å². The third-order valence-corrected chi connectivity index (χ3v) is 3.91. The van der Waals surface area contributed by atoms with E-state index in [2.05, 4.69) is 20.4 Å². The molecule has 2 aromatic heterocycles. The van der Waals surface area contributed by atoms with Crippen LogP contribution in [0, 0.1) is 5.92 Å². The molecule has 0 amide bonds. The van der Waals surface area contributed by atoms with Crippen LogP contribution in [0.3, 0.4) is 0 Å². The maximum absolute atomic E-state index is 5.24. The van der Waals surface area contributed by atoms with E-state index in [4.69, 9.17) is 4.52 Å². The van der Waals surface area contributed by atoms with Gasteiger partial charge in [0.2, 0.25) is 0 Å². The van der Waals surface area contributed by atoms with Gasteiger partial charge in [-0.25, -0.2) is 4.98 Å². The molecule has 1 N–H and O–H groups in total. The molecule has 0 aliphatic heterocycles. The molecule has 1 aliphatic carbocycles. The summed E-state index contributed by atoms with van der Waals surface area (Å²) >= 11 is 1.67. The number of hydrogen-bond acceptors (Lipinski definition) is 6. The molecule has 0 unspecified atom stereocenters. The second-order valence-electron chi connectivity index (χ2n) is 4.94. The van der Waals surface area contributed by atoms with Crippen molar-refractivity contribution < 1.29 is 4.52 Å². The van der Waals surface area contributed by atoms with E-state index in [1.165, 1.54) is 12.8 Å². The van der Waals surface area contributed by atoms with Crippen molar-refractivity contribution in [3.63, 3.8) is 0 Å². The van der Waals surface area contributed by atoms with Crippen molar-refractivity contribution >= 4 is 17.4 Å². The highest BCUT2D eigenvalue weighted by molar-refractivity contribution is 7.09. The molecule has 96 valence electrons. The Hall–Kier alpha value is -1.43. The highest BCUT2D eigenvalue weighted by Crippen LogP contribution is 2.43. The highest BCUT2D eigenvalue weighted by Gasteiger charge is 2.35. The molecule has 0 radical (unpaired) electrons. The van der Waals surface area contributed by atoms with E-state index in [0.29, 0.717) is 11.9 Å². The second kappa shape index (κ2) is 4.68. The first-order chi connectivity index (χ1) is 8.74. The molecule has 0 spiro atoms. The topological polar surface area (TPSA) is 63.8 Å². The summed E-state index contributed by atoms with van der Waals surface area (Å²) in [5.41, 5.74) is 0. The van der Waals surface area contributed by atoms with E-state index in [9.17, 15) is 0 Å². The first-order valence-electron chi connectivity index (χ1n) is 6.23. The summed E-state index contributed by atoms with van der Waals surface area (Å²) in [5, 5.41) is 10.4. The van der Waals surface area contributed by atoms with Crippen LogP contribution in [0.15, 0.2) is 16.1 Å². The summed E-state index contributed by atoms with van der Waals surface area (Å²) in [6, 6.07) is 0.719. The molecule has 18 heavy (non-hydrogen) atoms. The molecule has 5 nitrogen and oxygen atoms in total. The molecule has 1 fully saturated rings. The Labute approximate surface area is 110 Å². The van der Waals surface area contributed by atoms with Gasteiger partial charge in [0.25, 0.3) is 0 Å². The minimum atomic E-state index is 0.213. The molecule has 6 heteroatoms.